The highest BCUT2D eigenvalue weighted by Gasteiger charge is 2.34. The Balaban J connectivity index is 1.51. The molecule has 0 bridgehead atoms. The van der Waals surface area contributed by atoms with E-state index < -0.39 is 6.04 Å². The molecule has 1 unspecified atom stereocenters. The third-order valence-corrected chi connectivity index (χ3v) is 5.27. The van der Waals surface area contributed by atoms with Crippen LogP contribution in [0.5, 0.6) is 5.75 Å². The second-order valence-corrected chi connectivity index (χ2v) is 7.16. The van der Waals surface area contributed by atoms with Crippen molar-refractivity contribution in [1.82, 2.24) is 10.2 Å². The SMILES string of the molecule is COc1cccc(NC(=O)N2CCCC2C(=O)NCCC2=CCCCC2)c1. The molecule has 6 heteroatoms. The molecule has 2 aliphatic rings. The maximum Gasteiger partial charge on any atom is 0.322 e. The van der Waals surface area contributed by atoms with E-state index in [1.54, 1.807) is 18.1 Å². The van der Waals surface area contributed by atoms with E-state index >= 15 is 0 Å². The summed E-state index contributed by atoms with van der Waals surface area (Å²) in [6.45, 7) is 1.24. The lowest BCUT2D eigenvalue weighted by molar-refractivity contribution is -0.124. The van der Waals surface area contributed by atoms with Crippen molar-refractivity contribution in [3.8, 4) is 5.75 Å². The fraction of sp³-hybridized carbons (Fsp3) is 0.524. The van der Waals surface area contributed by atoms with Gasteiger partial charge in [0.2, 0.25) is 5.91 Å². The molecule has 3 rings (SSSR count). The Hall–Kier alpha value is -2.50. The molecule has 0 saturated carbocycles. The summed E-state index contributed by atoms with van der Waals surface area (Å²) in [6, 6.07) is 6.59. The molecule has 0 radical (unpaired) electrons. The standard InChI is InChI=1S/C21H29N3O3/c1-27-18-10-5-9-17(15-18)23-21(26)24-14-6-11-19(24)20(25)22-13-12-16-7-3-2-4-8-16/h5,7,9-10,15,19H,2-4,6,8,11-14H2,1H3,(H,22,25)(H,23,26). The first kappa shape index (κ1) is 19.3. The van der Waals surface area contributed by atoms with Crippen LogP contribution >= 0.6 is 0 Å². The smallest absolute Gasteiger partial charge is 0.322 e. The van der Waals surface area contributed by atoms with E-state index in [0.29, 0.717) is 30.9 Å². The summed E-state index contributed by atoms with van der Waals surface area (Å²) in [6.07, 6.45) is 9.59. The number of nitrogens with zero attached hydrogens (tertiary/aromatic N) is 1. The van der Waals surface area contributed by atoms with Crippen molar-refractivity contribution in [3.05, 3.63) is 35.9 Å². The average Bonchev–Trinajstić information content (AvgIpc) is 3.19. The number of carbonyl (C=O) groups excluding carboxylic acids is 2. The van der Waals surface area contributed by atoms with Crippen molar-refractivity contribution in [2.24, 2.45) is 0 Å². The zero-order valence-corrected chi connectivity index (χ0v) is 16.0. The number of amides is 3. The Morgan fingerprint density at radius 3 is 2.93 bits per heavy atom. The molecule has 3 amide bonds. The Kier molecular flexibility index (Phi) is 6.74. The predicted molar refractivity (Wildman–Crippen MR) is 106 cm³/mol. The van der Waals surface area contributed by atoms with Crippen molar-refractivity contribution < 1.29 is 14.3 Å². The Morgan fingerprint density at radius 2 is 2.15 bits per heavy atom. The summed E-state index contributed by atoms with van der Waals surface area (Å²) >= 11 is 0. The van der Waals surface area contributed by atoms with Crippen LogP contribution in [0.4, 0.5) is 10.5 Å². The second kappa shape index (κ2) is 9.44. The Labute approximate surface area is 161 Å². The molecule has 1 fully saturated rings. The fourth-order valence-corrected chi connectivity index (χ4v) is 3.77. The summed E-state index contributed by atoms with van der Waals surface area (Å²) in [5, 5.41) is 5.89. The van der Waals surface area contributed by atoms with Crippen molar-refractivity contribution in [3.63, 3.8) is 0 Å². The molecule has 1 aromatic carbocycles. The number of hydrogen-bond acceptors (Lipinski definition) is 3. The van der Waals surface area contributed by atoms with Crippen molar-refractivity contribution in [2.45, 2.75) is 51.0 Å². The van der Waals surface area contributed by atoms with E-state index in [4.69, 9.17) is 4.74 Å². The number of methoxy groups -OCH3 is 1. The Bertz CT molecular complexity index is 702. The molecule has 0 spiro atoms. The van der Waals surface area contributed by atoms with Crippen LogP contribution in [0.1, 0.15) is 44.9 Å². The number of hydrogen-bond donors (Lipinski definition) is 2. The van der Waals surface area contributed by atoms with E-state index in [2.05, 4.69) is 16.7 Å². The van der Waals surface area contributed by atoms with Crippen molar-refractivity contribution in [2.75, 3.05) is 25.5 Å². The van der Waals surface area contributed by atoms with Gasteiger partial charge in [-0.05, 0) is 57.1 Å². The van der Waals surface area contributed by atoms with Gasteiger partial charge in [-0.1, -0.05) is 17.7 Å². The first-order chi connectivity index (χ1) is 13.2. The number of ether oxygens (including phenoxy) is 1. The van der Waals surface area contributed by atoms with Crippen LogP contribution in [0.3, 0.4) is 0 Å². The molecule has 1 atom stereocenters. The largest absolute Gasteiger partial charge is 0.497 e. The number of urea groups is 1. The Morgan fingerprint density at radius 1 is 1.26 bits per heavy atom. The lowest BCUT2D eigenvalue weighted by atomic mass is 9.97. The third kappa shape index (κ3) is 5.25. The highest BCUT2D eigenvalue weighted by Crippen LogP contribution is 2.22. The normalized spacial score (nSPS) is 19.4. The molecule has 27 heavy (non-hydrogen) atoms. The highest BCUT2D eigenvalue weighted by molar-refractivity contribution is 5.94. The number of allylic oxidation sites excluding steroid dienone is 1. The van der Waals surface area contributed by atoms with Crippen LogP contribution in [0.25, 0.3) is 0 Å². The maximum absolute atomic E-state index is 12.6. The molecule has 1 aliphatic heterocycles. The van der Waals surface area contributed by atoms with Crippen LogP contribution < -0.4 is 15.4 Å². The minimum absolute atomic E-state index is 0.0512. The van der Waals surface area contributed by atoms with Crippen molar-refractivity contribution >= 4 is 17.6 Å². The van der Waals surface area contributed by atoms with Gasteiger partial charge in [-0.15, -0.1) is 0 Å². The molecule has 146 valence electrons. The van der Waals surface area contributed by atoms with Gasteiger partial charge in [-0.3, -0.25) is 4.79 Å². The summed E-state index contributed by atoms with van der Waals surface area (Å²) in [4.78, 5) is 26.9. The van der Waals surface area contributed by atoms with Crippen LogP contribution in [0, 0.1) is 0 Å². The topological polar surface area (TPSA) is 70.7 Å². The van der Waals surface area contributed by atoms with Gasteiger partial charge >= 0.3 is 6.03 Å². The minimum atomic E-state index is -0.393. The van der Waals surface area contributed by atoms with Gasteiger partial charge in [0.05, 0.1) is 7.11 Å². The van der Waals surface area contributed by atoms with E-state index in [9.17, 15) is 9.59 Å². The number of nitrogens with one attached hydrogen (secondary N) is 2. The third-order valence-electron chi connectivity index (χ3n) is 5.27. The number of carbonyl (C=O) groups is 2. The molecular weight excluding hydrogens is 342 g/mol. The lowest BCUT2D eigenvalue weighted by Gasteiger charge is -2.24. The van der Waals surface area contributed by atoms with Gasteiger partial charge in [0.1, 0.15) is 11.8 Å². The number of anilines is 1. The molecule has 1 saturated heterocycles. The fourth-order valence-electron chi connectivity index (χ4n) is 3.77. The van der Waals surface area contributed by atoms with Crippen LogP contribution in [-0.2, 0) is 4.79 Å². The average molecular weight is 371 g/mol. The van der Waals surface area contributed by atoms with Gasteiger partial charge < -0.3 is 20.3 Å². The molecule has 2 N–H and O–H groups in total. The highest BCUT2D eigenvalue weighted by atomic mass is 16.5. The number of rotatable bonds is 6. The van der Waals surface area contributed by atoms with Gasteiger partial charge in [0, 0.05) is 24.8 Å². The van der Waals surface area contributed by atoms with E-state index in [1.165, 1.54) is 18.4 Å². The second-order valence-electron chi connectivity index (χ2n) is 7.16. The van der Waals surface area contributed by atoms with E-state index in [-0.39, 0.29) is 11.9 Å². The molecule has 1 aliphatic carbocycles. The first-order valence-electron chi connectivity index (χ1n) is 9.84. The number of likely N-dealkylation sites (tertiary alicyclic amines) is 1. The quantitative estimate of drug-likeness (QED) is 0.749. The predicted octanol–water partition coefficient (Wildman–Crippen LogP) is 3.70. The number of benzene rings is 1. The van der Waals surface area contributed by atoms with E-state index in [1.807, 2.05) is 18.2 Å². The molecular formula is C21H29N3O3. The van der Waals surface area contributed by atoms with Gasteiger partial charge in [-0.25, -0.2) is 4.79 Å². The first-order valence-corrected chi connectivity index (χ1v) is 9.84. The zero-order valence-electron chi connectivity index (χ0n) is 16.0. The summed E-state index contributed by atoms with van der Waals surface area (Å²) in [5.41, 5.74) is 2.11. The van der Waals surface area contributed by atoms with Gasteiger partial charge in [0.15, 0.2) is 0 Å². The molecule has 1 heterocycles. The lowest BCUT2D eigenvalue weighted by Crippen LogP contribution is -2.47. The summed E-state index contributed by atoms with van der Waals surface area (Å²) in [7, 11) is 1.59. The van der Waals surface area contributed by atoms with Crippen LogP contribution in [0.15, 0.2) is 35.9 Å². The van der Waals surface area contributed by atoms with Crippen LogP contribution in [-0.4, -0.2) is 43.1 Å². The monoisotopic (exact) mass is 371 g/mol. The summed E-state index contributed by atoms with van der Waals surface area (Å²) < 4.78 is 5.18. The minimum Gasteiger partial charge on any atom is -0.497 e. The van der Waals surface area contributed by atoms with Crippen LogP contribution in [0.2, 0.25) is 0 Å². The van der Waals surface area contributed by atoms with Gasteiger partial charge in [-0.2, -0.15) is 0 Å². The maximum atomic E-state index is 12.6. The summed E-state index contributed by atoms with van der Waals surface area (Å²) in [5.74, 6) is 0.630. The molecule has 0 aromatic heterocycles. The van der Waals surface area contributed by atoms with Gasteiger partial charge in [0.25, 0.3) is 0 Å². The molecule has 6 nitrogen and oxygen atoms in total. The van der Waals surface area contributed by atoms with Crippen molar-refractivity contribution in [1.29, 1.82) is 0 Å². The zero-order chi connectivity index (χ0) is 19.1. The van der Waals surface area contributed by atoms with E-state index in [0.717, 1.165) is 25.7 Å². The molecule has 1 aromatic rings.